The first-order valence-corrected chi connectivity index (χ1v) is 7.42. The minimum atomic E-state index is 0.205. The van der Waals surface area contributed by atoms with Crippen molar-refractivity contribution in [3.8, 4) is 0 Å². The second-order valence-electron chi connectivity index (χ2n) is 4.93. The maximum absolute atomic E-state index is 6.13. The molecule has 0 saturated heterocycles. The molecule has 108 valence electrons. The fourth-order valence-electron chi connectivity index (χ4n) is 2.47. The van der Waals surface area contributed by atoms with Crippen molar-refractivity contribution < 1.29 is 4.74 Å². The SMILES string of the molecule is Clc1cccc(C(CNC2=NCCO2)c2ccccc2)c1. The number of hydrogen-bond acceptors (Lipinski definition) is 3. The van der Waals surface area contributed by atoms with Gasteiger partial charge in [0.05, 0.1) is 6.54 Å². The molecule has 2 aromatic carbocycles. The van der Waals surface area contributed by atoms with E-state index in [0.717, 1.165) is 18.1 Å². The van der Waals surface area contributed by atoms with E-state index in [1.54, 1.807) is 0 Å². The quantitative estimate of drug-likeness (QED) is 0.938. The molecular formula is C17H17ClN2O. The summed E-state index contributed by atoms with van der Waals surface area (Å²) in [5.41, 5.74) is 2.42. The summed E-state index contributed by atoms with van der Waals surface area (Å²) in [6, 6.07) is 19.0. The lowest BCUT2D eigenvalue weighted by Crippen LogP contribution is -2.29. The standard InChI is InChI=1S/C17H17ClN2O/c18-15-8-4-7-14(11-15)16(13-5-2-1-3-6-13)12-20-17-19-9-10-21-17/h1-8,11,16H,9-10,12H2,(H,19,20). The largest absolute Gasteiger partial charge is 0.463 e. The summed E-state index contributed by atoms with van der Waals surface area (Å²) in [5.74, 6) is 0.205. The van der Waals surface area contributed by atoms with E-state index in [-0.39, 0.29) is 5.92 Å². The highest BCUT2D eigenvalue weighted by molar-refractivity contribution is 6.30. The fourth-order valence-corrected chi connectivity index (χ4v) is 2.67. The van der Waals surface area contributed by atoms with Gasteiger partial charge in [-0.15, -0.1) is 0 Å². The smallest absolute Gasteiger partial charge is 0.284 e. The van der Waals surface area contributed by atoms with Gasteiger partial charge in [-0.25, -0.2) is 4.99 Å². The molecule has 1 N–H and O–H groups in total. The minimum Gasteiger partial charge on any atom is -0.463 e. The monoisotopic (exact) mass is 300 g/mol. The van der Waals surface area contributed by atoms with Crippen molar-refractivity contribution in [2.24, 2.45) is 4.99 Å². The summed E-state index contributed by atoms with van der Waals surface area (Å²) in [6.45, 7) is 2.12. The Hall–Kier alpha value is -2.00. The maximum atomic E-state index is 6.13. The summed E-state index contributed by atoms with van der Waals surface area (Å²) >= 11 is 6.13. The summed E-state index contributed by atoms with van der Waals surface area (Å²) in [6.07, 6.45) is 0. The number of aliphatic imine (C=N–C) groups is 1. The molecule has 1 aliphatic rings. The van der Waals surface area contributed by atoms with E-state index < -0.39 is 0 Å². The van der Waals surface area contributed by atoms with Crippen molar-refractivity contribution in [1.82, 2.24) is 5.32 Å². The Morgan fingerprint density at radius 3 is 2.62 bits per heavy atom. The highest BCUT2D eigenvalue weighted by Gasteiger charge is 2.16. The van der Waals surface area contributed by atoms with Crippen LogP contribution in [0.1, 0.15) is 17.0 Å². The van der Waals surface area contributed by atoms with E-state index in [0.29, 0.717) is 12.6 Å². The van der Waals surface area contributed by atoms with Gasteiger partial charge in [-0.3, -0.25) is 0 Å². The highest BCUT2D eigenvalue weighted by Crippen LogP contribution is 2.26. The van der Waals surface area contributed by atoms with Crippen molar-refractivity contribution in [3.05, 3.63) is 70.7 Å². The Morgan fingerprint density at radius 2 is 1.90 bits per heavy atom. The second-order valence-corrected chi connectivity index (χ2v) is 5.37. The van der Waals surface area contributed by atoms with E-state index in [1.807, 2.05) is 24.3 Å². The Kier molecular flexibility index (Phi) is 4.41. The number of nitrogens with zero attached hydrogens (tertiary/aromatic N) is 1. The summed E-state index contributed by atoms with van der Waals surface area (Å²) < 4.78 is 5.41. The third kappa shape index (κ3) is 3.56. The number of halogens is 1. The number of ether oxygens (including phenoxy) is 1. The Balaban J connectivity index is 1.84. The first-order chi connectivity index (χ1) is 10.3. The van der Waals surface area contributed by atoms with E-state index in [4.69, 9.17) is 16.3 Å². The molecule has 0 spiro atoms. The van der Waals surface area contributed by atoms with Crippen LogP contribution in [0.15, 0.2) is 59.6 Å². The molecule has 3 rings (SSSR count). The molecule has 0 bridgehead atoms. The number of rotatable bonds is 4. The number of benzene rings is 2. The molecule has 1 atom stereocenters. The third-order valence-corrected chi connectivity index (χ3v) is 3.73. The molecule has 21 heavy (non-hydrogen) atoms. The van der Waals surface area contributed by atoms with Crippen molar-refractivity contribution in [3.63, 3.8) is 0 Å². The Morgan fingerprint density at radius 1 is 1.10 bits per heavy atom. The molecule has 0 saturated carbocycles. The fraction of sp³-hybridized carbons (Fsp3) is 0.235. The van der Waals surface area contributed by atoms with E-state index >= 15 is 0 Å². The van der Waals surface area contributed by atoms with Crippen molar-refractivity contribution >= 4 is 17.6 Å². The zero-order valence-electron chi connectivity index (χ0n) is 11.6. The first kappa shape index (κ1) is 14.0. The van der Waals surface area contributed by atoms with Crippen LogP contribution in [0.25, 0.3) is 0 Å². The lowest BCUT2D eigenvalue weighted by molar-refractivity contribution is 0.331. The molecular weight excluding hydrogens is 284 g/mol. The van der Waals surface area contributed by atoms with Crippen LogP contribution in [0.4, 0.5) is 0 Å². The summed E-state index contributed by atoms with van der Waals surface area (Å²) in [5, 5.41) is 4.04. The van der Waals surface area contributed by atoms with Gasteiger partial charge >= 0.3 is 0 Å². The predicted octanol–water partition coefficient (Wildman–Crippen LogP) is 3.45. The molecule has 0 aliphatic carbocycles. The highest BCUT2D eigenvalue weighted by atomic mass is 35.5. The average molecular weight is 301 g/mol. The van der Waals surface area contributed by atoms with Crippen LogP contribution < -0.4 is 5.32 Å². The van der Waals surface area contributed by atoms with Gasteiger partial charge in [0.2, 0.25) is 0 Å². The van der Waals surface area contributed by atoms with Gasteiger partial charge in [-0.2, -0.15) is 0 Å². The maximum Gasteiger partial charge on any atom is 0.284 e. The number of hydrogen-bond donors (Lipinski definition) is 1. The van der Waals surface area contributed by atoms with Crippen LogP contribution in [0.3, 0.4) is 0 Å². The molecule has 1 unspecified atom stereocenters. The van der Waals surface area contributed by atoms with Crippen LogP contribution in [-0.4, -0.2) is 25.7 Å². The first-order valence-electron chi connectivity index (χ1n) is 7.04. The van der Waals surface area contributed by atoms with Crippen molar-refractivity contribution in [2.45, 2.75) is 5.92 Å². The van der Waals surface area contributed by atoms with E-state index in [2.05, 4.69) is 40.6 Å². The van der Waals surface area contributed by atoms with Gasteiger partial charge in [0.1, 0.15) is 6.61 Å². The minimum absolute atomic E-state index is 0.205. The Labute approximate surface area is 129 Å². The topological polar surface area (TPSA) is 33.6 Å². The number of amidine groups is 1. The van der Waals surface area contributed by atoms with Gasteiger partial charge in [-0.1, -0.05) is 54.1 Å². The predicted molar refractivity (Wildman–Crippen MR) is 86.0 cm³/mol. The van der Waals surface area contributed by atoms with Crippen LogP contribution in [-0.2, 0) is 4.74 Å². The van der Waals surface area contributed by atoms with Gasteiger partial charge in [0.15, 0.2) is 0 Å². The lowest BCUT2D eigenvalue weighted by Gasteiger charge is -2.19. The molecule has 1 heterocycles. The molecule has 0 radical (unpaired) electrons. The van der Waals surface area contributed by atoms with Gasteiger partial charge in [0.25, 0.3) is 6.02 Å². The normalized spacial score (nSPS) is 15.2. The third-order valence-electron chi connectivity index (χ3n) is 3.50. The van der Waals surface area contributed by atoms with Crippen LogP contribution in [0.2, 0.25) is 5.02 Å². The number of nitrogens with one attached hydrogen (secondary N) is 1. The Bertz CT molecular complexity index is 628. The van der Waals surface area contributed by atoms with Crippen molar-refractivity contribution in [2.75, 3.05) is 19.7 Å². The molecule has 4 heteroatoms. The van der Waals surface area contributed by atoms with Gasteiger partial charge in [-0.05, 0) is 23.3 Å². The molecule has 3 nitrogen and oxygen atoms in total. The zero-order chi connectivity index (χ0) is 14.5. The zero-order valence-corrected chi connectivity index (χ0v) is 12.4. The second kappa shape index (κ2) is 6.64. The van der Waals surface area contributed by atoms with Crippen LogP contribution >= 0.6 is 11.6 Å². The van der Waals surface area contributed by atoms with Crippen LogP contribution in [0, 0.1) is 0 Å². The molecule has 2 aromatic rings. The van der Waals surface area contributed by atoms with Crippen LogP contribution in [0.5, 0.6) is 0 Å². The van der Waals surface area contributed by atoms with E-state index in [1.165, 1.54) is 11.1 Å². The summed E-state index contributed by atoms with van der Waals surface area (Å²) in [7, 11) is 0. The van der Waals surface area contributed by atoms with E-state index in [9.17, 15) is 0 Å². The lowest BCUT2D eigenvalue weighted by atomic mass is 9.91. The molecule has 0 amide bonds. The summed E-state index contributed by atoms with van der Waals surface area (Å²) in [4.78, 5) is 4.27. The average Bonchev–Trinajstić information content (AvgIpc) is 3.02. The van der Waals surface area contributed by atoms with Crippen molar-refractivity contribution in [1.29, 1.82) is 0 Å². The van der Waals surface area contributed by atoms with Gasteiger partial charge < -0.3 is 10.1 Å². The molecule has 0 aromatic heterocycles. The molecule has 1 aliphatic heterocycles. The molecule has 0 fully saturated rings. The van der Waals surface area contributed by atoms with Gasteiger partial charge in [0, 0.05) is 17.5 Å².